The first kappa shape index (κ1) is 10.2. The number of hydrogen-bond acceptors (Lipinski definition) is 4. The van der Waals surface area contributed by atoms with Crippen LogP contribution in [-0.2, 0) is 0 Å². The van der Waals surface area contributed by atoms with Crippen molar-refractivity contribution in [2.24, 2.45) is 0 Å². The molecule has 2 heterocycles. The van der Waals surface area contributed by atoms with E-state index in [0.29, 0.717) is 6.04 Å². The van der Waals surface area contributed by atoms with E-state index in [-0.39, 0.29) is 5.38 Å². The second-order valence-electron chi connectivity index (χ2n) is 3.47. The highest BCUT2D eigenvalue weighted by Crippen LogP contribution is 2.28. The zero-order chi connectivity index (χ0) is 9.97. The molecule has 1 fully saturated rings. The van der Waals surface area contributed by atoms with Gasteiger partial charge in [-0.1, -0.05) is 0 Å². The van der Waals surface area contributed by atoms with Gasteiger partial charge in [0.05, 0.1) is 11.4 Å². The lowest BCUT2D eigenvalue weighted by Crippen LogP contribution is -2.20. The van der Waals surface area contributed by atoms with Crippen LogP contribution in [0, 0.1) is 0 Å². The molecule has 0 amide bonds. The molecule has 1 aliphatic heterocycles. The lowest BCUT2D eigenvalue weighted by molar-refractivity contribution is 0.429. The molecule has 0 radical (unpaired) electrons. The quantitative estimate of drug-likeness (QED) is 0.732. The summed E-state index contributed by atoms with van der Waals surface area (Å²) in [5, 5.41) is 11.5. The normalized spacial score (nSPS) is 24.9. The number of alkyl halides is 1. The highest BCUT2D eigenvalue weighted by atomic mass is 35.5. The van der Waals surface area contributed by atoms with E-state index in [1.54, 1.807) is 0 Å². The molecule has 1 aromatic heterocycles. The molecule has 0 spiro atoms. The second kappa shape index (κ2) is 4.49. The van der Waals surface area contributed by atoms with Gasteiger partial charge in [-0.3, -0.25) is 0 Å². The standard InChI is InChI=1S/C8H13ClN4S/c1-6(9)8-10-11-12-13(8)7-3-2-4-14-5-7/h6-7H,2-5H2,1H3. The maximum absolute atomic E-state index is 6.00. The van der Waals surface area contributed by atoms with Crippen molar-refractivity contribution in [2.75, 3.05) is 11.5 Å². The molecule has 0 bridgehead atoms. The summed E-state index contributed by atoms with van der Waals surface area (Å²) >= 11 is 7.96. The number of aromatic nitrogens is 4. The van der Waals surface area contributed by atoms with Gasteiger partial charge in [-0.2, -0.15) is 11.8 Å². The minimum absolute atomic E-state index is 0.114. The SMILES string of the molecule is CC(Cl)c1nnnn1C1CCCSC1. The van der Waals surface area contributed by atoms with Crippen LogP contribution in [-0.4, -0.2) is 31.7 Å². The maximum Gasteiger partial charge on any atom is 0.169 e. The Kier molecular flexibility index (Phi) is 3.28. The predicted molar refractivity (Wildman–Crippen MR) is 57.7 cm³/mol. The molecular weight excluding hydrogens is 220 g/mol. The summed E-state index contributed by atoms with van der Waals surface area (Å²) in [4.78, 5) is 0. The van der Waals surface area contributed by atoms with Crippen LogP contribution < -0.4 is 0 Å². The Morgan fingerprint density at radius 2 is 2.50 bits per heavy atom. The first-order valence-electron chi connectivity index (χ1n) is 4.78. The van der Waals surface area contributed by atoms with Crippen LogP contribution in [0.25, 0.3) is 0 Å². The molecule has 1 aliphatic rings. The van der Waals surface area contributed by atoms with E-state index in [0.717, 1.165) is 18.0 Å². The lowest BCUT2D eigenvalue weighted by Gasteiger charge is -2.22. The molecule has 0 N–H and O–H groups in total. The first-order chi connectivity index (χ1) is 6.79. The van der Waals surface area contributed by atoms with Gasteiger partial charge >= 0.3 is 0 Å². The van der Waals surface area contributed by atoms with Gasteiger partial charge < -0.3 is 0 Å². The number of rotatable bonds is 2. The van der Waals surface area contributed by atoms with Gasteiger partial charge in [0, 0.05) is 5.75 Å². The zero-order valence-corrected chi connectivity index (χ0v) is 9.63. The van der Waals surface area contributed by atoms with Crippen LogP contribution in [0.5, 0.6) is 0 Å². The average molecular weight is 233 g/mol. The Balaban J connectivity index is 2.17. The van der Waals surface area contributed by atoms with Crippen molar-refractivity contribution in [2.45, 2.75) is 31.2 Å². The number of halogens is 1. The molecular formula is C8H13ClN4S. The largest absolute Gasteiger partial charge is 0.224 e. The predicted octanol–water partition coefficient (Wildman–Crippen LogP) is 2.04. The van der Waals surface area contributed by atoms with Gasteiger partial charge in [0.25, 0.3) is 0 Å². The van der Waals surface area contributed by atoms with Gasteiger partial charge in [0.1, 0.15) is 0 Å². The third kappa shape index (κ3) is 2.03. The summed E-state index contributed by atoms with van der Waals surface area (Å²) in [5.74, 6) is 3.14. The topological polar surface area (TPSA) is 43.6 Å². The van der Waals surface area contributed by atoms with E-state index >= 15 is 0 Å². The molecule has 78 valence electrons. The van der Waals surface area contributed by atoms with Crippen molar-refractivity contribution in [3.8, 4) is 0 Å². The Bertz CT molecular complexity index is 295. The Hall–Kier alpha value is -0.290. The molecule has 6 heteroatoms. The molecule has 1 aromatic rings. The summed E-state index contributed by atoms with van der Waals surface area (Å²) < 4.78 is 1.89. The van der Waals surface area contributed by atoms with Gasteiger partial charge in [-0.25, -0.2) is 4.68 Å². The van der Waals surface area contributed by atoms with Crippen LogP contribution in [0.3, 0.4) is 0 Å². The van der Waals surface area contributed by atoms with E-state index in [9.17, 15) is 0 Å². The van der Waals surface area contributed by atoms with E-state index in [1.807, 2.05) is 23.4 Å². The van der Waals surface area contributed by atoms with Gasteiger partial charge in [-0.15, -0.1) is 16.7 Å². The number of thioether (sulfide) groups is 1. The first-order valence-corrected chi connectivity index (χ1v) is 6.37. The molecule has 2 rings (SSSR count). The number of hydrogen-bond donors (Lipinski definition) is 0. The van der Waals surface area contributed by atoms with Crippen molar-refractivity contribution in [3.63, 3.8) is 0 Å². The summed E-state index contributed by atoms with van der Waals surface area (Å²) in [6.07, 6.45) is 2.40. The lowest BCUT2D eigenvalue weighted by atomic mass is 10.2. The molecule has 2 atom stereocenters. The van der Waals surface area contributed by atoms with Crippen LogP contribution in [0.2, 0.25) is 0 Å². The monoisotopic (exact) mass is 232 g/mol. The van der Waals surface area contributed by atoms with E-state index in [2.05, 4.69) is 15.5 Å². The van der Waals surface area contributed by atoms with E-state index in [1.165, 1.54) is 12.2 Å². The van der Waals surface area contributed by atoms with Crippen LogP contribution in [0.15, 0.2) is 0 Å². The van der Waals surface area contributed by atoms with Gasteiger partial charge in [0.15, 0.2) is 5.82 Å². The van der Waals surface area contributed by atoms with E-state index in [4.69, 9.17) is 11.6 Å². The molecule has 4 nitrogen and oxygen atoms in total. The van der Waals surface area contributed by atoms with Crippen LogP contribution in [0.4, 0.5) is 0 Å². The van der Waals surface area contributed by atoms with Crippen LogP contribution >= 0.6 is 23.4 Å². The van der Waals surface area contributed by atoms with Crippen molar-refractivity contribution in [3.05, 3.63) is 5.82 Å². The van der Waals surface area contributed by atoms with Crippen molar-refractivity contribution in [1.82, 2.24) is 20.2 Å². The Morgan fingerprint density at radius 1 is 1.64 bits per heavy atom. The highest BCUT2D eigenvalue weighted by molar-refractivity contribution is 7.99. The zero-order valence-electron chi connectivity index (χ0n) is 8.06. The van der Waals surface area contributed by atoms with Gasteiger partial charge in [-0.05, 0) is 35.9 Å². The van der Waals surface area contributed by atoms with Crippen LogP contribution in [0.1, 0.15) is 37.0 Å². The van der Waals surface area contributed by atoms with Gasteiger partial charge in [0.2, 0.25) is 0 Å². The molecule has 1 saturated heterocycles. The second-order valence-corrected chi connectivity index (χ2v) is 5.27. The third-order valence-electron chi connectivity index (χ3n) is 2.36. The minimum Gasteiger partial charge on any atom is -0.224 e. The summed E-state index contributed by atoms with van der Waals surface area (Å²) in [7, 11) is 0. The highest BCUT2D eigenvalue weighted by Gasteiger charge is 2.22. The molecule has 0 aliphatic carbocycles. The molecule has 2 unspecified atom stereocenters. The molecule has 0 saturated carbocycles. The van der Waals surface area contributed by atoms with Crippen molar-refractivity contribution >= 4 is 23.4 Å². The Morgan fingerprint density at radius 3 is 3.14 bits per heavy atom. The van der Waals surface area contributed by atoms with Crippen molar-refractivity contribution < 1.29 is 0 Å². The smallest absolute Gasteiger partial charge is 0.169 e. The minimum atomic E-state index is -0.114. The number of nitrogens with zero attached hydrogens (tertiary/aromatic N) is 4. The summed E-state index contributed by atoms with van der Waals surface area (Å²) in [5.41, 5.74) is 0. The molecule has 14 heavy (non-hydrogen) atoms. The fourth-order valence-electron chi connectivity index (χ4n) is 1.64. The van der Waals surface area contributed by atoms with E-state index < -0.39 is 0 Å². The Labute approximate surface area is 92.4 Å². The third-order valence-corrected chi connectivity index (χ3v) is 3.75. The summed E-state index contributed by atoms with van der Waals surface area (Å²) in [6, 6.07) is 0.431. The maximum atomic E-state index is 6.00. The average Bonchev–Trinajstić information content (AvgIpc) is 2.67. The fraction of sp³-hybridized carbons (Fsp3) is 0.875. The number of tetrazole rings is 1. The fourth-order valence-corrected chi connectivity index (χ4v) is 2.90. The molecule has 0 aromatic carbocycles. The summed E-state index contributed by atoms with van der Waals surface area (Å²) in [6.45, 7) is 1.90. The van der Waals surface area contributed by atoms with Crippen molar-refractivity contribution in [1.29, 1.82) is 0 Å².